The topological polar surface area (TPSA) is 0 Å². The first kappa shape index (κ1) is 13.1. The molecular weight excluding hydrogens is 216 g/mol. The van der Waals surface area contributed by atoms with Crippen molar-refractivity contribution in [3.8, 4) is 0 Å². The minimum atomic E-state index is 0.858. The molecule has 0 aliphatic carbocycles. The quantitative estimate of drug-likeness (QED) is 0.616. The van der Waals surface area contributed by atoms with Gasteiger partial charge in [-0.1, -0.05) is 75.6 Å². The Hall–Kier alpha value is -1.30. The fourth-order valence-electron chi connectivity index (χ4n) is 2.50. The number of unbranched alkanes of at least 4 members (excludes halogenated alkanes) is 1. The van der Waals surface area contributed by atoms with Gasteiger partial charge in [-0.15, -0.1) is 0 Å². The molecule has 0 aromatic heterocycles. The second-order valence-electron chi connectivity index (χ2n) is 5.47. The highest BCUT2D eigenvalue weighted by Crippen LogP contribution is 2.19. The van der Waals surface area contributed by atoms with Crippen LogP contribution >= 0.6 is 0 Å². The number of hydrogen-bond acceptors (Lipinski definition) is 0. The predicted molar refractivity (Wildman–Crippen MR) is 81.0 cm³/mol. The molecule has 2 aromatic rings. The van der Waals surface area contributed by atoms with E-state index in [1.807, 2.05) is 0 Å². The Morgan fingerprint density at radius 3 is 2.50 bits per heavy atom. The van der Waals surface area contributed by atoms with Crippen LogP contribution in [-0.2, 0) is 6.42 Å². The van der Waals surface area contributed by atoms with Gasteiger partial charge in [-0.25, -0.2) is 0 Å². The van der Waals surface area contributed by atoms with Crippen LogP contribution in [0.1, 0.15) is 45.1 Å². The molecule has 1 atom stereocenters. The summed E-state index contributed by atoms with van der Waals surface area (Å²) in [5.74, 6) is 0.858. The zero-order valence-electron chi connectivity index (χ0n) is 11.7. The summed E-state index contributed by atoms with van der Waals surface area (Å²) in [6.45, 7) is 4.66. The highest BCUT2D eigenvalue weighted by molar-refractivity contribution is 5.82. The molecule has 0 saturated heterocycles. The number of fused-ring (bicyclic) bond motifs is 1. The fraction of sp³-hybridized carbons (Fsp3) is 0.444. The standard InChI is InChI=1S/C18H24/c1-3-4-7-15(2)10-11-16-12-13-17-8-5-6-9-18(17)14-16/h5-6,8-9,12-15H,3-4,7,10-11H2,1-2H3. The Kier molecular flexibility index (Phi) is 4.81. The molecule has 0 aliphatic rings. The summed E-state index contributed by atoms with van der Waals surface area (Å²) < 4.78 is 0. The average molecular weight is 240 g/mol. The lowest BCUT2D eigenvalue weighted by atomic mass is 9.95. The van der Waals surface area contributed by atoms with E-state index in [0.29, 0.717) is 0 Å². The lowest BCUT2D eigenvalue weighted by Gasteiger charge is -2.10. The van der Waals surface area contributed by atoms with E-state index in [-0.39, 0.29) is 0 Å². The van der Waals surface area contributed by atoms with Crippen LogP contribution in [0.25, 0.3) is 10.8 Å². The minimum absolute atomic E-state index is 0.858. The van der Waals surface area contributed by atoms with E-state index < -0.39 is 0 Å². The van der Waals surface area contributed by atoms with Crippen molar-refractivity contribution in [3.05, 3.63) is 48.0 Å². The molecular formula is C18H24. The molecule has 0 nitrogen and oxygen atoms in total. The van der Waals surface area contributed by atoms with Crippen LogP contribution in [-0.4, -0.2) is 0 Å². The molecule has 0 N–H and O–H groups in total. The van der Waals surface area contributed by atoms with E-state index in [1.165, 1.54) is 48.4 Å². The van der Waals surface area contributed by atoms with Crippen LogP contribution in [0, 0.1) is 5.92 Å². The van der Waals surface area contributed by atoms with Gasteiger partial charge in [-0.2, -0.15) is 0 Å². The first-order valence-corrected chi connectivity index (χ1v) is 7.27. The smallest absolute Gasteiger partial charge is 0.0181 e. The Bertz CT molecular complexity index is 484. The highest BCUT2D eigenvalue weighted by atomic mass is 14.1. The molecule has 0 amide bonds. The van der Waals surface area contributed by atoms with Crippen molar-refractivity contribution in [2.24, 2.45) is 5.92 Å². The molecule has 0 saturated carbocycles. The Balaban J connectivity index is 1.95. The molecule has 0 heteroatoms. The monoisotopic (exact) mass is 240 g/mol. The third kappa shape index (κ3) is 3.60. The summed E-state index contributed by atoms with van der Waals surface area (Å²) in [6, 6.07) is 15.5. The summed E-state index contributed by atoms with van der Waals surface area (Å²) in [7, 11) is 0. The molecule has 0 heterocycles. The van der Waals surface area contributed by atoms with Gasteiger partial charge in [0.15, 0.2) is 0 Å². The maximum Gasteiger partial charge on any atom is -0.0181 e. The first-order chi connectivity index (χ1) is 8.79. The van der Waals surface area contributed by atoms with Gasteiger partial charge in [0.1, 0.15) is 0 Å². The molecule has 0 radical (unpaired) electrons. The zero-order chi connectivity index (χ0) is 12.8. The maximum absolute atomic E-state index is 2.39. The fourth-order valence-corrected chi connectivity index (χ4v) is 2.50. The summed E-state index contributed by atoms with van der Waals surface area (Å²) in [4.78, 5) is 0. The second kappa shape index (κ2) is 6.58. The molecule has 96 valence electrons. The Morgan fingerprint density at radius 2 is 1.72 bits per heavy atom. The summed E-state index contributed by atoms with van der Waals surface area (Å²) in [6.07, 6.45) is 6.61. The van der Waals surface area contributed by atoms with Crippen LogP contribution in [0.4, 0.5) is 0 Å². The van der Waals surface area contributed by atoms with Crippen LogP contribution in [0.15, 0.2) is 42.5 Å². The van der Waals surface area contributed by atoms with Crippen LogP contribution in [0.2, 0.25) is 0 Å². The van der Waals surface area contributed by atoms with Gasteiger partial charge in [0.05, 0.1) is 0 Å². The van der Waals surface area contributed by atoms with Crippen molar-refractivity contribution in [1.82, 2.24) is 0 Å². The van der Waals surface area contributed by atoms with E-state index in [4.69, 9.17) is 0 Å². The van der Waals surface area contributed by atoms with Gasteiger partial charge in [0, 0.05) is 0 Å². The highest BCUT2D eigenvalue weighted by Gasteiger charge is 2.03. The lowest BCUT2D eigenvalue weighted by Crippen LogP contribution is -1.97. The minimum Gasteiger partial charge on any atom is -0.0654 e. The van der Waals surface area contributed by atoms with Gasteiger partial charge in [0.25, 0.3) is 0 Å². The van der Waals surface area contributed by atoms with Crippen molar-refractivity contribution in [1.29, 1.82) is 0 Å². The zero-order valence-corrected chi connectivity index (χ0v) is 11.7. The van der Waals surface area contributed by atoms with Crippen LogP contribution in [0.5, 0.6) is 0 Å². The van der Waals surface area contributed by atoms with Gasteiger partial charge >= 0.3 is 0 Å². The van der Waals surface area contributed by atoms with Gasteiger partial charge < -0.3 is 0 Å². The van der Waals surface area contributed by atoms with Gasteiger partial charge in [-0.3, -0.25) is 0 Å². The summed E-state index contributed by atoms with van der Waals surface area (Å²) >= 11 is 0. The van der Waals surface area contributed by atoms with E-state index >= 15 is 0 Å². The summed E-state index contributed by atoms with van der Waals surface area (Å²) in [5, 5.41) is 2.72. The largest absolute Gasteiger partial charge is 0.0654 e. The Labute approximate surface area is 111 Å². The lowest BCUT2D eigenvalue weighted by molar-refractivity contribution is 0.472. The van der Waals surface area contributed by atoms with E-state index in [1.54, 1.807) is 0 Å². The molecule has 0 bridgehead atoms. The molecule has 2 aromatic carbocycles. The van der Waals surface area contributed by atoms with E-state index in [9.17, 15) is 0 Å². The number of benzene rings is 2. The molecule has 0 aliphatic heterocycles. The normalized spacial score (nSPS) is 12.8. The van der Waals surface area contributed by atoms with Crippen molar-refractivity contribution >= 4 is 10.8 Å². The number of aryl methyl sites for hydroxylation is 1. The first-order valence-electron chi connectivity index (χ1n) is 7.27. The molecule has 0 fully saturated rings. The van der Waals surface area contributed by atoms with Crippen molar-refractivity contribution in [2.45, 2.75) is 46.0 Å². The molecule has 18 heavy (non-hydrogen) atoms. The molecule has 0 spiro atoms. The van der Waals surface area contributed by atoms with Gasteiger partial charge in [0.2, 0.25) is 0 Å². The van der Waals surface area contributed by atoms with Crippen molar-refractivity contribution < 1.29 is 0 Å². The third-order valence-corrected chi connectivity index (χ3v) is 3.79. The summed E-state index contributed by atoms with van der Waals surface area (Å²) in [5.41, 5.74) is 1.48. The third-order valence-electron chi connectivity index (χ3n) is 3.79. The predicted octanol–water partition coefficient (Wildman–Crippen LogP) is 5.60. The average Bonchev–Trinajstić information content (AvgIpc) is 2.42. The number of hydrogen-bond donors (Lipinski definition) is 0. The van der Waals surface area contributed by atoms with E-state index in [0.717, 1.165) is 5.92 Å². The van der Waals surface area contributed by atoms with Crippen molar-refractivity contribution in [3.63, 3.8) is 0 Å². The SMILES string of the molecule is CCCCC(C)CCc1ccc2ccccc2c1. The van der Waals surface area contributed by atoms with Crippen LogP contribution in [0.3, 0.4) is 0 Å². The van der Waals surface area contributed by atoms with Crippen LogP contribution < -0.4 is 0 Å². The molecule has 1 unspecified atom stereocenters. The number of rotatable bonds is 6. The van der Waals surface area contributed by atoms with Gasteiger partial charge in [-0.05, 0) is 35.1 Å². The van der Waals surface area contributed by atoms with E-state index in [2.05, 4.69) is 56.3 Å². The van der Waals surface area contributed by atoms with Crippen molar-refractivity contribution in [2.75, 3.05) is 0 Å². The second-order valence-corrected chi connectivity index (χ2v) is 5.47. The maximum atomic E-state index is 2.39. The molecule has 2 rings (SSSR count). The Morgan fingerprint density at radius 1 is 0.944 bits per heavy atom.